The minimum absolute atomic E-state index is 0.205. The maximum absolute atomic E-state index is 13.7. The lowest BCUT2D eigenvalue weighted by Gasteiger charge is -2.38. The number of benzene rings is 2. The molecule has 4 N–H and O–H groups in total. The van der Waals surface area contributed by atoms with E-state index in [4.69, 9.17) is 0 Å². The molecule has 42 heavy (non-hydrogen) atoms. The minimum atomic E-state index is -3.91. The summed E-state index contributed by atoms with van der Waals surface area (Å²) in [4.78, 5) is 4.24. The molecule has 1 aromatic heterocycles. The Balaban J connectivity index is 1.24. The quantitative estimate of drug-likeness (QED) is 0.129. The first kappa shape index (κ1) is 30.6. The Labute approximate surface area is 249 Å². The van der Waals surface area contributed by atoms with Gasteiger partial charge in [0.05, 0.1) is 24.1 Å². The topological polar surface area (TPSA) is 126 Å². The lowest BCUT2D eigenvalue weighted by atomic mass is 9.85. The molecule has 5 rings (SSSR count). The van der Waals surface area contributed by atoms with Gasteiger partial charge in [0, 0.05) is 35.8 Å². The highest BCUT2D eigenvalue weighted by Gasteiger charge is 2.32. The Hall–Kier alpha value is -2.86. The number of aromatic nitrogens is 1. The molecule has 0 bridgehead atoms. The van der Waals surface area contributed by atoms with Crippen molar-refractivity contribution in [1.82, 2.24) is 20.3 Å². The molecule has 226 valence electrons. The Morgan fingerprint density at radius 2 is 1.86 bits per heavy atom. The van der Waals surface area contributed by atoms with E-state index >= 15 is 0 Å². The predicted octanol–water partition coefficient (Wildman–Crippen LogP) is 4.63. The summed E-state index contributed by atoms with van der Waals surface area (Å²) in [7, 11) is -3.91. The fourth-order valence-corrected chi connectivity index (χ4v) is 7.52. The average molecular weight is 594 g/mol. The Bertz CT molecular complexity index is 1390. The van der Waals surface area contributed by atoms with Crippen molar-refractivity contribution in [3.8, 4) is 0 Å². The van der Waals surface area contributed by atoms with E-state index < -0.39 is 20.8 Å². The van der Waals surface area contributed by atoms with Gasteiger partial charge in [0.25, 0.3) is 10.0 Å². The molecule has 2 atom stereocenters. The number of quaternary nitrogens is 1. The molecule has 1 aliphatic heterocycles. The van der Waals surface area contributed by atoms with Crippen LogP contribution in [0.1, 0.15) is 61.3 Å². The summed E-state index contributed by atoms with van der Waals surface area (Å²) in [6.45, 7) is 2.36. The lowest BCUT2D eigenvalue weighted by Crippen LogP contribution is -2.42. The number of hydrogen-bond acceptors (Lipinski definition) is 7. The van der Waals surface area contributed by atoms with E-state index in [0.717, 1.165) is 24.0 Å². The van der Waals surface area contributed by atoms with Crippen molar-refractivity contribution < 1.29 is 13.5 Å². The van der Waals surface area contributed by atoms with Gasteiger partial charge in [0.15, 0.2) is 0 Å². The van der Waals surface area contributed by atoms with E-state index in [0.29, 0.717) is 55.5 Å². The van der Waals surface area contributed by atoms with Crippen molar-refractivity contribution >= 4 is 21.4 Å². The smallest absolute Gasteiger partial charge is 0.262 e. The van der Waals surface area contributed by atoms with Crippen LogP contribution in [-0.4, -0.2) is 51.4 Å². The molecular formula is C32H43N5O4S. The highest BCUT2D eigenvalue weighted by atomic mass is 32.2. The fourth-order valence-electron chi connectivity index (χ4n) is 6.18. The van der Waals surface area contributed by atoms with Crippen molar-refractivity contribution in [3.63, 3.8) is 0 Å². The molecular weight excluding hydrogens is 550 g/mol. The van der Waals surface area contributed by atoms with Crippen LogP contribution in [0.5, 0.6) is 0 Å². The molecule has 0 radical (unpaired) electrons. The third-order valence-electron chi connectivity index (χ3n) is 8.58. The van der Waals surface area contributed by atoms with E-state index in [1.165, 1.54) is 32.1 Å². The molecule has 2 heterocycles. The molecule has 10 heteroatoms. The third kappa shape index (κ3) is 7.75. The van der Waals surface area contributed by atoms with Crippen LogP contribution in [0.4, 0.5) is 11.4 Å². The molecule has 3 aromatic rings. The van der Waals surface area contributed by atoms with Crippen LogP contribution in [0.25, 0.3) is 0 Å². The van der Waals surface area contributed by atoms with E-state index in [1.54, 1.807) is 42.7 Å². The first-order chi connectivity index (χ1) is 20.3. The number of anilines is 1. The van der Waals surface area contributed by atoms with Crippen LogP contribution in [0, 0.1) is 11.1 Å². The van der Waals surface area contributed by atoms with Gasteiger partial charge in [-0.05, 0) is 67.6 Å². The maximum Gasteiger partial charge on any atom is 0.262 e. The van der Waals surface area contributed by atoms with Crippen LogP contribution in [0.15, 0.2) is 71.9 Å². The summed E-state index contributed by atoms with van der Waals surface area (Å²) in [5.41, 5.74) is 3.53. The number of aliphatic hydroxyl groups excluding tert-OH is 1. The second-order valence-electron chi connectivity index (χ2n) is 11.6. The largest absolute Gasteiger partial charge is 0.626 e. The molecule has 1 saturated heterocycles. The summed E-state index contributed by atoms with van der Waals surface area (Å²) in [6.07, 6.45) is 11.0. The van der Waals surface area contributed by atoms with Gasteiger partial charge in [-0.2, -0.15) is 0 Å². The van der Waals surface area contributed by atoms with Crippen LogP contribution in [-0.2, 0) is 22.9 Å². The van der Waals surface area contributed by atoms with Crippen molar-refractivity contribution in [2.24, 2.45) is 5.92 Å². The number of rotatable bonds is 13. The lowest BCUT2D eigenvalue weighted by molar-refractivity contribution is 0.174. The number of sulfonamides is 1. The predicted molar refractivity (Wildman–Crippen MR) is 167 cm³/mol. The van der Waals surface area contributed by atoms with Crippen molar-refractivity contribution in [2.45, 2.75) is 62.4 Å². The molecule has 1 saturated carbocycles. The maximum atomic E-state index is 13.7. The van der Waals surface area contributed by atoms with Crippen molar-refractivity contribution in [3.05, 3.63) is 88.9 Å². The molecule has 0 spiro atoms. The number of hydrogen-bond donors (Lipinski definition) is 4. The Morgan fingerprint density at radius 3 is 2.57 bits per heavy atom. The summed E-state index contributed by atoms with van der Waals surface area (Å²) >= 11 is 0. The van der Waals surface area contributed by atoms with Crippen LogP contribution < -0.4 is 20.0 Å². The average Bonchev–Trinajstić information content (AvgIpc) is 3.47. The molecule has 2 unspecified atom stereocenters. The van der Waals surface area contributed by atoms with Crippen molar-refractivity contribution in [1.29, 1.82) is 0 Å². The normalized spacial score (nSPS) is 20.4. The number of nitrogens with one attached hydrogen (secondary N) is 3. The van der Waals surface area contributed by atoms with Crippen LogP contribution >= 0.6 is 0 Å². The second kappa shape index (κ2) is 14.1. The van der Waals surface area contributed by atoms with Crippen LogP contribution in [0.2, 0.25) is 0 Å². The third-order valence-corrected chi connectivity index (χ3v) is 10.1. The van der Waals surface area contributed by atoms with Gasteiger partial charge >= 0.3 is 0 Å². The van der Waals surface area contributed by atoms with Gasteiger partial charge in [0.1, 0.15) is 12.4 Å². The molecule has 2 fully saturated rings. The highest BCUT2D eigenvalue weighted by Crippen LogP contribution is 2.36. The second-order valence-corrected chi connectivity index (χ2v) is 13.3. The monoisotopic (exact) mass is 593 g/mol. The summed E-state index contributed by atoms with van der Waals surface area (Å²) in [5, 5.41) is 30.4. The zero-order valence-electron chi connectivity index (χ0n) is 24.2. The Kier molecular flexibility index (Phi) is 10.3. The number of hydroxylamine groups is 2. The molecule has 2 aromatic carbocycles. The summed E-state index contributed by atoms with van der Waals surface area (Å²) in [6, 6.07) is 16.2. The van der Waals surface area contributed by atoms with Crippen LogP contribution in [0.3, 0.4) is 0 Å². The molecule has 0 amide bonds. The first-order valence-electron chi connectivity index (χ1n) is 15.2. The SMILES string of the molecule is O=S(=O)(Nc1ccc(CCNCC(O)c2cccnc2)cc1)c1cccc([N+]2([O-])CCNC2)c1CCC1CCCCC1. The van der Waals surface area contributed by atoms with E-state index in [2.05, 4.69) is 20.3 Å². The standard InChI is InChI=1S/C32H43N5O4S/c38-31(27-8-5-18-33-22-27)23-34-19-17-26-11-14-28(15-12-26)36-42(40,41)32-10-4-9-30(37(39)21-20-35-24-37)29(32)16-13-25-6-2-1-3-7-25/h4-5,8-12,14-15,18,22,25,31,34-36,38H,1-3,6-7,13,16-17,19-21,23-24H2. The molecule has 9 nitrogen and oxygen atoms in total. The number of nitrogens with zero attached hydrogens (tertiary/aromatic N) is 2. The highest BCUT2D eigenvalue weighted by molar-refractivity contribution is 7.92. The minimum Gasteiger partial charge on any atom is -0.626 e. The van der Waals surface area contributed by atoms with Gasteiger partial charge in [-0.3, -0.25) is 15.0 Å². The molecule has 1 aliphatic carbocycles. The van der Waals surface area contributed by atoms with E-state index in [9.17, 15) is 18.7 Å². The first-order valence-corrected chi connectivity index (χ1v) is 16.6. The molecule has 2 aliphatic rings. The van der Waals surface area contributed by atoms with E-state index in [1.807, 2.05) is 24.3 Å². The Morgan fingerprint density at radius 1 is 1.05 bits per heavy atom. The number of aliphatic hydroxyl groups is 1. The fraction of sp³-hybridized carbons (Fsp3) is 0.469. The van der Waals surface area contributed by atoms with Gasteiger partial charge in [0.2, 0.25) is 0 Å². The van der Waals surface area contributed by atoms with Crippen molar-refractivity contribution in [2.75, 3.05) is 37.6 Å². The summed E-state index contributed by atoms with van der Waals surface area (Å²) in [5.74, 6) is 0.577. The zero-order valence-corrected chi connectivity index (χ0v) is 25.0. The van der Waals surface area contributed by atoms with Gasteiger partial charge in [-0.25, -0.2) is 8.42 Å². The van der Waals surface area contributed by atoms with E-state index in [-0.39, 0.29) is 11.6 Å². The van der Waals surface area contributed by atoms with Gasteiger partial charge < -0.3 is 20.3 Å². The summed E-state index contributed by atoms with van der Waals surface area (Å²) < 4.78 is 29.7. The van der Waals surface area contributed by atoms with Gasteiger partial charge in [-0.1, -0.05) is 56.4 Å². The van der Waals surface area contributed by atoms with Gasteiger partial charge in [-0.15, -0.1) is 0 Å². The zero-order chi connectivity index (χ0) is 29.4. The number of pyridine rings is 1.